The van der Waals surface area contributed by atoms with E-state index in [2.05, 4.69) is 32.6 Å². The van der Waals surface area contributed by atoms with Gasteiger partial charge in [-0.3, -0.25) is 4.79 Å². The summed E-state index contributed by atoms with van der Waals surface area (Å²) in [6.45, 7) is 0. The zero-order chi connectivity index (χ0) is 18.9. The fourth-order valence-corrected chi connectivity index (χ4v) is 3.48. The SMILES string of the molecule is O=C1Nc2ccccc2/C1=N/N=C/c1c(-c2ccccc2)[nH]c2ccccc12. The molecule has 1 aliphatic heterocycles. The number of carbonyl (C=O) groups excluding carboxylic acids is 1. The van der Waals surface area contributed by atoms with Crippen LogP contribution in [0.5, 0.6) is 0 Å². The Labute approximate surface area is 161 Å². The molecule has 1 aromatic heterocycles. The maximum absolute atomic E-state index is 12.2. The van der Waals surface area contributed by atoms with Crippen molar-refractivity contribution >= 4 is 34.4 Å². The number of aromatic amines is 1. The number of fused-ring (bicyclic) bond motifs is 2. The Morgan fingerprint density at radius 2 is 1.57 bits per heavy atom. The lowest BCUT2D eigenvalue weighted by Gasteiger charge is -2.00. The van der Waals surface area contributed by atoms with Crippen LogP contribution in [0.2, 0.25) is 0 Å². The van der Waals surface area contributed by atoms with Gasteiger partial charge in [0.1, 0.15) is 0 Å². The number of hydrogen-bond donors (Lipinski definition) is 2. The molecule has 5 rings (SSSR count). The summed E-state index contributed by atoms with van der Waals surface area (Å²) >= 11 is 0. The summed E-state index contributed by atoms with van der Waals surface area (Å²) in [5.74, 6) is -0.236. The number of aromatic nitrogens is 1. The molecule has 5 heteroatoms. The molecule has 134 valence electrons. The van der Waals surface area contributed by atoms with Crippen LogP contribution in [-0.2, 0) is 4.79 Å². The van der Waals surface area contributed by atoms with Gasteiger partial charge in [-0.2, -0.15) is 5.10 Å². The molecule has 0 fully saturated rings. The molecule has 0 radical (unpaired) electrons. The van der Waals surface area contributed by atoms with Crippen molar-refractivity contribution in [1.82, 2.24) is 4.98 Å². The Morgan fingerprint density at radius 3 is 2.46 bits per heavy atom. The summed E-state index contributed by atoms with van der Waals surface area (Å²) < 4.78 is 0. The molecule has 0 spiro atoms. The number of H-pyrrole nitrogens is 1. The first-order valence-corrected chi connectivity index (χ1v) is 8.99. The second-order valence-electron chi connectivity index (χ2n) is 6.52. The fraction of sp³-hybridized carbons (Fsp3) is 0. The fourth-order valence-electron chi connectivity index (χ4n) is 3.48. The number of rotatable bonds is 3. The molecule has 1 aliphatic rings. The van der Waals surface area contributed by atoms with Gasteiger partial charge in [0.2, 0.25) is 0 Å². The molecule has 2 heterocycles. The summed E-state index contributed by atoms with van der Waals surface area (Å²) in [5.41, 5.74) is 5.87. The summed E-state index contributed by atoms with van der Waals surface area (Å²) in [4.78, 5) is 15.7. The maximum Gasteiger partial charge on any atom is 0.276 e. The molecule has 3 aromatic carbocycles. The number of amides is 1. The van der Waals surface area contributed by atoms with Crippen LogP contribution in [0.3, 0.4) is 0 Å². The minimum absolute atomic E-state index is 0.236. The van der Waals surface area contributed by atoms with Gasteiger partial charge >= 0.3 is 0 Å². The van der Waals surface area contributed by atoms with Crippen LogP contribution >= 0.6 is 0 Å². The molecule has 0 unspecified atom stereocenters. The summed E-state index contributed by atoms with van der Waals surface area (Å²) in [7, 11) is 0. The van der Waals surface area contributed by atoms with Gasteiger partial charge in [0, 0.05) is 22.0 Å². The molecule has 0 atom stereocenters. The Balaban J connectivity index is 1.60. The van der Waals surface area contributed by atoms with E-state index in [9.17, 15) is 4.79 Å². The highest BCUT2D eigenvalue weighted by Crippen LogP contribution is 2.29. The third-order valence-electron chi connectivity index (χ3n) is 4.80. The average Bonchev–Trinajstić information content (AvgIpc) is 3.26. The highest BCUT2D eigenvalue weighted by atomic mass is 16.2. The lowest BCUT2D eigenvalue weighted by Crippen LogP contribution is -2.13. The first kappa shape index (κ1) is 16.2. The third kappa shape index (κ3) is 2.70. The first-order valence-electron chi connectivity index (χ1n) is 8.99. The van der Waals surface area contributed by atoms with Crippen molar-refractivity contribution in [2.75, 3.05) is 5.32 Å². The van der Waals surface area contributed by atoms with Crippen molar-refractivity contribution in [2.24, 2.45) is 10.2 Å². The van der Waals surface area contributed by atoms with Crippen LogP contribution in [0.1, 0.15) is 11.1 Å². The van der Waals surface area contributed by atoms with E-state index in [0.29, 0.717) is 5.71 Å². The second kappa shape index (κ2) is 6.63. The predicted molar refractivity (Wildman–Crippen MR) is 113 cm³/mol. The van der Waals surface area contributed by atoms with Gasteiger partial charge in [-0.1, -0.05) is 66.7 Å². The maximum atomic E-state index is 12.2. The number of para-hydroxylation sites is 2. The van der Waals surface area contributed by atoms with Crippen molar-refractivity contribution in [3.05, 3.63) is 90.0 Å². The van der Waals surface area contributed by atoms with Gasteiger partial charge in [-0.15, -0.1) is 5.10 Å². The van der Waals surface area contributed by atoms with Gasteiger partial charge in [-0.05, 0) is 17.7 Å². The monoisotopic (exact) mass is 364 g/mol. The Morgan fingerprint density at radius 1 is 0.821 bits per heavy atom. The van der Waals surface area contributed by atoms with E-state index in [1.807, 2.05) is 66.7 Å². The lowest BCUT2D eigenvalue weighted by molar-refractivity contribution is -0.110. The number of benzene rings is 3. The standard InChI is InChI=1S/C23H16N4O/c28-23-22(17-11-5-7-13-20(17)26-23)27-24-14-18-16-10-4-6-12-19(16)25-21(18)15-8-2-1-3-9-15/h1-14,25H,(H,26,27,28)/b24-14+. The highest BCUT2D eigenvalue weighted by Gasteiger charge is 2.25. The minimum atomic E-state index is -0.236. The van der Waals surface area contributed by atoms with Crippen molar-refractivity contribution in [3.8, 4) is 11.3 Å². The van der Waals surface area contributed by atoms with E-state index in [1.54, 1.807) is 6.21 Å². The van der Waals surface area contributed by atoms with Crippen LogP contribution in [0.15, 0.2) is 89.1 Å². The van der Waals surface area contributed by atoms with E-state index in [-0.39, 0.29) is 5.91 Å². The zero-order valence-electron chi connectivity index (χ0n) is 14.9. The summed E-state index contributed by atoms with van der Waals surface area (Å²) in [5, 5.41) is 12.4. The molecule has 0 saturated carbocycles. The van der Waals surface area contributed by atoms with E-state index >= 15 is 0 Å². The number of nitrogens with one attached hydrogen (secondary N) is 2. The van der Waals surface area contributed by atoms with Crippen molar-refractivity contribution < 1.29 is 4.79 Å². The molecule has 5 nitrogen and oxygen atoms in total. The third-order valence-corrected chi connectivity index (χ3v) is 4.80. The molecule has 4 aromatic rings. The lowest BCUT2D eigenvalue weighted by atomic mass is 10.1. The van der Waals surface area contributed by atoms with Gasteiger partial charge in [0.25, 0.3) is 5.91 Å². The largest absolute Gasteiger partial charge is 0.354 e. The van der Waals surface area contributed by atoms with Crippen LogP contribution in [0, 0.1) is 0 Å². The van der Waals surface area contributed by atoms with E-state index in [0.717, 1.165) is 39.0 Å². The normalized spacial score (nSPS) is 14.7. The van der Waals surface area contributed by atoms with E-state index in [4.69, 9.17) is 0 Å². The van der Waals surface area contributed by atoms with Gasteiger partial charge < -0.3 is 10.3 Å². The smallest absolute Gasteiger partial charge is 0.276 e. The van der Waals surface area contributed by atoms with Crippen molar-refractivity contribution in [1.29, 1.82) is 0 Å². The molecule has 0 aliphatic carbocycles. The number of hydrogen-bond acceptors (Lipinski definition) is 3. The Hall–Kier alpha value is -3.99. The molecule has 0 bridgehead atoms. The molecular weight excluding hydrogens is 348 g/mol. The van der Waals surface area contributed by atoms with Gasteiger partial charge in [0.15, 0.2) is 5.71 Å². The quantitative estimate of drug-likeness (QED) is 0.404. The predicted octanol–water partition coefficient (Wildman–Crippen LogP) is 4.61. The minimum Gasteiger partial charge on any atom is -0.354 e. The summed E-state index contributed by atoms with van der Waals surface area (Å²) in [6.07, 6.45) is 1.71. The van der Waals surface area contributed by atoms with Crippen LogP contribution in [0.4, 0.5) is 5.69 Å². The van der Waals surface area contributed by atoms with E-state index in [1.165, 1.54) is 0 Å². The molecule has 2 N–H and O–H groups in total. The Bertz CT molecular complexity index is 1250. The number of carbonyl (C=O) groups is 1. The van der Waals surface area contributed by atoms with Gasteiger partial charge in [0.05, 0.1) is 17.6 Å². The van der Waals surface area contributed by atoms with Crippen LogP contribution in [0.25, 0.3) is 22.2 Å². The first-order chi connectivity index (χ1) is 13.8. The average molecular weight is 364 g/mol. The second-order valence-corrected chi connectivity index (χ2v) is 6.52. The molecule has 1 amide bonds. The van der Waals surface area contributed by atoms with Crippen LogP contribution in [-0.4, -0.2) is 22.8 Å². The number of anilines is 1. The summed E-state index contributed by atoms with van der Waals surface area (Å²) in [6, 6.07) is 25.6. The van der Waals surface area contributed by atoms with Crippen molar-refractivity contribution in [2.45, 2.75) is 0 Å². The van der Waals surface area contributed by atoms with Gasteiger partial charge in [-0.25, -0.2) is 0 Å². The molecule has 0 saturated heterocycles. The molecular formula is C23H16N4O. The molecule has 28 heavy (non-hydrogen) atoms. The van der Waals surface area contributed by atoms with Crippen LogP contribution < -0.4 is 5.32 Å². The number of nitrogens with zero attached hydrogens (tertiary/aromatic N) is 2. The topological polar surface area (TPSA) is 69.6 Å². The highest BCUT2D eigenvalue weighted by molar-refractivity contribution is 6.53. The van der Waals surface area contributed by atoms with Crippen molar-refractivity contribution in [3.63, 3.8) is 0 Å². The van der Waals surface area contributed by atoms with E-state index < -0.39 is 0 Å². The zero-order valence-corrected chi connectivity index (χ0v) is 14.9. The Kier molecular flexibility index (Phi) is 3.84.